The number of carbonyl (C=O) groups excluding carboxylic acids is 1. The SMILES string of the molecule is CCOCn1cc(C(O[SiH](c2ccccc2)c2ccccc2)C(C)(C)C)nc1C(=O)C(F)F. The van der Waals surface area contributed by atoms with Crippen LogP contribution in [0, 0.1) is 5.41 Å². The smallest absolute Gasteiger partial charge is 0.303 e. The number of benzene rings is 2. The summed E-state index contributed by atoms with van der Waals surface area (Å²) in [5.74, 6) is -1.64. The highest BCUT2D eigenvalue weighted by atomic mass is 28.3. The van der Waals surface area contributed by atoms with Crippen molar-refractivity contribution in [3.63, 3.8) is 0 Å². The Bertz CT molecular complexity index is 997. The quantitative estimate of drug-likeness (QED) is 0.331. The summed E-state index contributed by atoms with van der Waals surface area (Å²) in [6, 6.07) is 20.0. The van der Waals surface area contributed by atoms with Crippen LogP contribution in [0.4, 0.5) is 8.78 Å². The maximum Gasteiger partial charge on any atom is 0.303 e. The molecule has 0 amide bonds. The van der Waals surface area contributed by atoms with Crippen LogP contribution in [-0.2, 0) is 15.9 Å². The van der Waals surface area contributed by atoms with Crippen molar-refractivity contribution in [2.45, 2.75) is 47.0 Å². The van der Waals surface area contributed by atoms with Gasteiger partial charge in [0, 0.05) is 12.8 Å². The van der Waals surface area contributed by atoms with E-state index in [2.05, 4.69) is 4.98 Å². The van der Waals surface area contributed by atoms with Gasteiger partial charge in [-0.25, -0.2) is 13.8 Å². The molecule has 0 fully saturated rings. The molecule has 0 saturated heterocycles. The van der Waals surface area contributed by atoms with E-state index in [1.54, 1.807) is 13.1 Å². The lowest BCUT2D eigenvalue weighted by Crippen LogP contribution is -2.47. The fourth-order valence-corrected chi connectivity index (χ4v) is 6.27. The van der Waals surface area contributed by atoms with Crippen molar-refractivity contribution in [1.82, 2.24) is 9.55 Å². The second-order valence-corrected chi connectivity index (χ2v) is 11.2. The molecule has 3 aromatic rings. The van der Waals surface area contributed by atoms with E-state index in [0.717, 1.165) is 10.4 Å². The molecule has 8 heteroatoms. The van der Waals surface area contributed by atoms with Crippen molar-refractivity contribution in [2.75, 3.05) is 6.61 Å². The number of alkyl halides is 2. The molecule has 1 atom stereocenters. The van der Waals surface area contributed by atoms with Crippen LogP contribution in [0.1, 0.15) is 50.1 Å². The van der Waals surface area contributed by atoms with E-state index >= 15 is 0 Å². The molecule has 2 aromatic carbocycles. The van der Waals surface area contributed by atoms with Gasteiger partial charge in [-0.3, -0.25) is 4.79 Å². The van der Waals surface area contributed by atoms with E-state index < -0.39 is 32.8 Å². The molecule has 1 heterocycles. The maximum absolute atomic E-state index is 13.2. The second kappa shape index (κ2) is 11.0. The summed E-state index contributed by atoms with van der Waals surface area (Å²) in [5, 5.41) is 2.19. The first-order valence-electron chi connectivity index (χ1n) is 10.9. The number of nitrogens with zero attached hydrogens (tertiary/aromatic N) is 2. The van der Waals surface area contributed by atoms with Gasteiger partial charge in [0.25, 0.3) is 5.78 Å². The van der Waals surface area contributed by atoms with Gasteiger partial charge in [0.15, 0.2) is 5.82 Å². The first kappa shape index (κ1) is 24.9. The number of imidazole rings is 1. The van der Waals surface area contributed by atoms with Gasteiger partial charge in [0.2, 0.25) is 9.04 Å². The third-order valence-electron chi connectivity index (χ3n) is 5.18. The average molecular weight is 473 g/mol. The predicted molar refractivity (Wildman–Crippen MR) is 127 cm³/mol. The van der Waals surface area contributed by atoms with Crippen molar-refractivity contribution in [1.29, 1.82) is 0 Å². The Morgan fingerprint density at radius 1 is 1.03 bits per heavy atom. The van der Waals surface area contributed by atoms with Gasteiger partial charge in [0.1, 0.15) is 6.73 Å². The molecule has 0 bridgehead atoms. The van der Waals surface area contributed by atoms with E-state index in [0.29, 0.717) is 12.3 Å². The third kappa shape index (κ3) is 6.22. The third-order valence-corrected chi connectivity index (χ3v) is 7.71. The number of hydrogen-bond acceptors (Lipinski definition) is 4. The normalized spacial score (nSPS) is 13.0. The summed E-state index contributed by atoms with van der Waals surface area (Å²) in [6.45, 7) is 8.17. The fourth-order valence-electron chi connectivity index (χ4n) is 3.60. The maximum atomic E-state index is 13.2. The van der Waals surface area contributed by atoms with Crippen LogP contribution in [0.5, 0.6) is 0 Å². The summed E-state index contributed by atoms with van der Waals surface area (Å²) >= 11 is 0. The minimum atomic E-state index is -3.15. The predicted octanol–water partition coefficient (Wildman–Crippen LogP) is 3.97. The van der Waals surface area contributed by atoms with Crippen molar-refractivity contribution in [3.8, 4) is 0 Å². The van der Waals surface area contributed by atoms with Crippen molar-refractivity contribution >= 4 is 25.2 Å². The van der Waals surface area contributed by atoms with Crippen molar-refractivity contribution < 1.29 is 22.7 Å². The topological polar surface area (TPSA) is 53.4 Å². The van der Waals surface area contributed by atoms with E-state index in [4.69, 9.17) is 9.16 Å². The van der Waals surface area contributed by atoms with E-state index in [-0.39, 0.29) is 12.6 Å². The first-order chi connectivity index (χ1) is 15.7. The van der Waals surface area contributed by atoms with Crippen LogP contribution >= 0.6 is 0 Å². The molecule has 0 aliphatic rings. The van der Waals surface area contributed by atoms with Crippen LogP contribution in [0.3, 0.4) is 0 Å². The monoisotopic (exact) mass is 472 g/mol. The Balaban J connectivity index is 2.06. The molecule has 5 nitrogen and oxygen atoms in total. The summed E-state index contributed by atoms with van der Waals surface area (Å²) < 4.78 is 40.0. The van der Waals surface area contributed by atoms with Crippen LogP contribution < -0.4 is 10.4 Å². The zero-order chi connectivity index (χ0) is 24.0. The zero-order valence-corrected chi connectivity index (χ0v) is 20.5. The highest BCUT2D eigenvalue weighted by Gasteiger charge is 2.35. The van der Waals surface area contributed by atoms with Crippen LogP contribution in [0.25, 0.3) is 0 Å². The van der Waals surface area contributed by atoms with Gasteiger partial charge in [0.05, 0.1) is 11.8 Å². The van der Waals surface area contributed by atoms with Gasteiger partial charge < -0.3 is 13.7 Å². The largest absolute Gasteiger partial charge is 0.402 e. The van der Waals surface area contributed by atoms with Gasteiger partial charge >= 0.3 is 6.43 Å². The minimum Gasteiger partial charge on any atom is -0.402 e. The number of Topliss-reactive ketones (excluding diaryl/α,β-unsaturated/α-hetero) is 1. The fraction of sp³-hybridized carbons (Fsp3) is 0.360. The molecular formula is C25H30F2N2O3Si. The number of ketones is 1. The van der Waals surface area contributed by atoms with Gasteiger partial charge in [-0.1, -0.05) is 81.4 Å². The molecule has 0 aliphatic heterocycles. The number of rotatable bonds is 10. The highest BCUT2D eigenvalue weighted by Crippen LogP contribution is 2.36. The summed E-state index contributed by atoms with van der Waals surface area (Å²) in [6.07, 6.45) is -2.07. The lowest BCUT2D eigenvalue weighted by atomic mass is 9.87. The van der Waals surface area contributed by atoms with E-state index in [1.165, 1.54) is 4.57 Å². The molecule has 3 rings (SSSR count). The van der Waals surface area contributed by atoms with Crippen LogP contribution in [0.2, 0.25) is 0 Å². The Morgan fingerprint density at radius 3 is 2.03 bits per heavy atom. The average Bonchev–Trinajstić information content (AvgIpc) is 3.21. The van der Waals surface area contributed by atoms with Gasteiger partial charge in [-0.05, 0) is 22.7 Å². The molecule has 1 unspecified atom stereocenters. The molecule has 0 saturated carbocycles. The van der Waals surface area contributed by atoms with Crippen LogP contribution in [-0.4, -0.2) is 37.4 Å². The number of carbonyl (C=O) groups is 1. The van der Waals surface area contributed by atoms with E-state index in [9.17, 15) is 13.6 Å². The standard InChI is InChI=1S/C25H30F2N2O3Si/c1-5-31-17-29-16-20(28-24(29)21(30)23(26)27)22(25(2,3)4)32-33(18-12-8-6-9-13-18)19-14-10-7-11-15-19/h6-16,22-23,33H,5,17H2,1-4H3. The Morgan fingerprint density at radius 2 is 1.58 bits per heavy atom. The second-order valence-electron chi connectivity index (χ2n) is 8.83. The van der Waals surface area contributed by atoms with Gasteiger partial charge in [-0.2, -0.15) is 0 Å². The Labute approximate surface area is 195 Å². The first-order valence-corrected chi connectivity index (χ1v) is 12.6. The lowest BCUT2D eigenvalue weighted by molar-refractivity contribution is 0.0609. The highest BCUT2D eigenvalue weighted by molar-refractivity contribution is 6.80. The number of halogens is 2. The summed E-state index contributed by atoms with van der Waals surface area (Å²) in [7, 11) is -2.16. The Kier molecular flexibility index (Phi) is 8.28. The molecule has 0 radical (unpaired) electrons. The van der Waals surface area contributed by atoms with Gasteiger partial charge in [-0.15, -0.1) is 0 Å². The van der Waals surface area contributed by atoms with Crippen molar-refractivity contribution in [3.05, 3.63) is 78.4 Å². The molecule has 33 heavy (non-hydrogen) atoms. The molecule has 176 valence electrons. The number of hydrogen-bond donors (Lipinski definition) is 0. The van der Waals surface area contributed by atoms with Crippen molar-refractivity contribution in [2.24, 2.45) is 5.41 Å². The number of ether oxygens (including phenoxy) is 1. The van der Waals surface area contributed by atoms with Crippen LogP contribution in [0.15, 0.2) is 66.9 Å². The Hall–Kier alpha value is -2.68. The molecular weight excluding hydrogens is 442 g/mol. The number of aromatic nitrogens is 2. The molecule has 1 aromatic heterocycles. The lowest BCUT2D eigenvalue weighted by Gasteiger charge is -2.33. The molecule has 0 N–H and O–H groups in total. The zero-order valence-electron chi connectivity index (χ0n) is 19.4. The molecule has 0 spiro atoms. The summed E-state index contributed by atoms with van der Waals surface area (Å²) in [4.78, 5) is 16.5. The summed E-state index contributed by atoms with van der Waals surface area (Å²) in [5.41, 5.74) is 0.0284. The minimum absolute atomic E-state index is 0.0353. The molecule has 0 aliphatic carbocycles. The van der Waals surface area contributed by atoms with E-state index in [1.807, 2.05) is 81.4 Å².